The Labute approximate surface area is 287 Å². The lowest BCUT2D eigenvalue weighted by Crippen LogP contribution is -2.03. The Balaban J connectivity index is 1.22. The maximum absolute atomic E-state index is 6.16. The Morgan fingerprint density at radius 2 is 0.920 bits per heavy atom. The molecule has 0 aliphatic heterocycles. The van der Waals surface area contributed by atoms with Gasteiger partial charge in [0.05, 0.1) is 16.7 Å². The first-order valence-corrected chi connectivity index (χ1v) is 16.7. The molecular formula is C45H28N4O. The largest absolute Gasteiger partial charge is 0.456 e. The molecule has 0 N–H and O–H groups in total. The first-order chi connectivity index (χ1) is 24.8. The van der Waals surface area contributed by atoms with E-state index in [4.69, 9.17) is 19.4 Å². The second-order valence-electron chi connectivity index (χ2n) is 12.4. The van der Waals surface area contributed by atoms with Gasteiger partial charge in [0.1, 0.15) is 11.2 Å². The molecular weight excluding hydrogens is 613 g/mol. The van der Waals surface area contributed by atoms with Gasteiger partial charge in [0.15, 0.2) is 17.5 Å². The average molecular weight is 641 g/mol. The zero-order chi connectivity index (χ0) is 33.0. The van der Waals surface area contributed by atoms with Crippen LogP contribution in [-0.4, -0.2) is 19.5 Å². The van der Waals surface area contributed by atoms with E-state index in [0.29, 0.717) is 17.5 Å². The topological polar surface area (TPSA) is 56.7 Å². The van der Waals surface area contributed by atoms with E-state index in [-0.39, 0.29) is 0 Å². The maximum Gasteiger partial charge on any atom is 0.166 e. The molecule has 0 atom stereocenters. The zero-order valence-corrected chi connectivity index (χ0v) is 26.9. The molecule has 0 spiro atoms. The van der Waals surface area contributed by atoms with Gasteiger partial charge >= 0.3 is 0 Å². The van der Waals surface area contributed by atoms with E-state index < -0.39 is 0 Å². The molecule has 0 bridgehead atoms. The van der Waals surface area contributed by atoms with Gasteiger partial charge in [-0.3, -0.25) is 0 Å². The molecule has 50 heavy (non-hydrogen) atoms. The van der Waals surface area contributed by atoms with Crippen molar-refractivity contribution in [3.05, 3.63) is 170 Å². The second-order valence-corrected chi connectivity index (χ2v) is 12.4. The van der Waals surface area contributed by atoms with Gasteiger partial charge in [0.25, 0.3) is 0 Å². The highest BCUT2D eigenvalue weighted by atomic mass is 16.3. The van der Waals surface area contributed by atoms with Gasteiger partial charge in [0, 0.05) is 38.2 Å². The molecule has 0 amide bonds. The van der Waals surface area contributed by atoms with Crippen molar-refractivity contribution in [1.29, 1.82) is 0 Å². The number of nitrogens with zero attached hydrogens (tertiary/aromatic N) is 4. The number of hydrogen-bond donors (Lipinski definition) is 0. The average Bonchev–Trinajstić information content (AvgIpc) is 3.73. The summed E-state index contributed by atoms with van der Waals surface area (Å²) in [5.41, 5.74) is 9.91. The highest BCUT2D eigenvalue weighted by Gasteiger charge is 2.19. The second kappa shape index (κ2) is 11.4. The van der Waals surface area contributed by atoms with Crippen LogP contribution in [0, 0.1) is 0 Å². The standard InChI is InChI=1S/C45H28N4O/c1-2-13-29(14-3-1)30-15-12-16-31(27-30)43-46-44(32-25-26-42-37(28-32)35-19-7-11-24-41(35)50-42)48-45(47-43)36-20-6-10-23-40(36)49-38-21-8-4-17-33(38)34-18-5-9-22-39(34)49/h1-28H. The highest BCUT2D eigenvalue weighted by molar-refractivity contribution is 6.10. The predicted molar refractivity (Wildman–Crippen MR) is 203 cm³/mol. The van der Waals surface area contributed by atoms with E-state index in [1.165, 1.54) is 10.8 Å². The number of furan rings is 1. The van der Waals surface area contributed by atoms with Crippen molar-refractivity contribution in [3.63, 3.8) is 0 Å². The van der Waals surface area contributed by atoms with Crippen LogP contribution in [0.25, 0.3) is 94.7 Å². The summed E-state index contributed by atoms with van der Waals surface area (Å²) in [6.45, 7) is 0. The SMILES string of the molecule is c1ccc(-c2cccc(-c3nc(-c4ccc5oc6ccccc6c5c4)nc(-c4ccccc4-n4c5ccccc5c5ccccc54)n3)c2)cc1. The van der Waals surface area contributed by atoms with Crippen molar-refractivity contribution < 1.29 is 4.42 Å². The molecule has 0 aliphatic rings. The third-order valence-corrected chi connectivity index (χ3v) is 9.46. The van der Waals surface area contributed by atoms with E-state index in [9.17, 15) is 0 Å². The third-order valence-electron chi connectivity index (χ3n) is 9.46. The van der Waals surface area contributed by atoms with Crippen LogP contribution in [0.2, 0.25) is 0 Å². The highest BCUT2D eigenvalue weighted by Crippen LogP contribution is 2.37. The van der Waals surface area contributed by atoms with Crippen LogP contribution in [0.1, 0.15) is 0 Å². The minimum absolute atomic E-state index is 0.597. The molecule has 3 aromatic heterocycles. The first-order valence-electron chi connectivity index (χ1n) is 16.7. The summed E-state index contributed by atoms with van der Waals surface area (Å²) in [7, 11) is 0. The van der Waals surface area contributed by atoms with Crippen molar-refractivity contribution in [2.75, 3.05) is 0 Å². The summed E-state index contributed by atoms with van der Waals surface area (Å²) in [4.78, 5) is 15.6. The number of rotatable bonds is 5. The first kappa shape index (κ1) is 28.2. The van der Waals surface area contributed by atoms with Crippen molar-refractivity contribution in [2.24, 2.45) is 0 Å². The smallest absolute Gasteiger partial charge is 0.166 e. The van der Waals surface area contributed by atoms with E-state index in [2.05, 4.69) is 138 Å². The van der Waals surface area contributed by atoms with Gasteiger partial charge in [-0.15, -0.1) is 0 Å². The molecule has 0 fully saturated rings. The molecule has 7 aromatic carbocycles. The summed E-state index contributed by atoms with van der Waals surface area (Å²) in [5, 5.41) is 4.49. The van der Waals surface area contributed by atoms with Gasteiger partial charge in [0.2, 0.25) is 0 Å². The van der Waals surface area contributed by atoms with Crippen molar-refractivity contribution >= 4 is 43.7 Å². The van der Waals surface area contributed by atoms with E-state index in [0.717, 1.165) is 66.5 Å². The Bertz CT molecular complexity index is 2830. The number of hydrogen-bond acceptors (Lipinski definition) is 4. The quantitative estimate of drug-likeness (QED) is 0.188. The Morgan fingerprint density at radius 3 is 1.70 bits per heavy atom. The Kier molecular flexibility index (Phi) is 6.42. The fourth-order valence-corrected chi connectivity index (χ4v) is 7.13. The summed E-state index contributed by atoms with van der Waals surface area (Å²) in [5.74, 6) is 1.81. The monoisotopic (exact) mass is 640 g/mol. The van der Waals surface area contributed by atoms with Gasteiger partial charge in [-0.2, -0.15) is 0 Å². The lowest BCUT2D eigenvalue weighted by atomic mass is 10.0. The summed E-state index contributed by atoms with van der Waals surface area (Å²) >= 11 is 0. The fraction of sp³-hybridized carbons (Fsp3) is 0. The normalized spacial score (nSPS) is 11.6. The number of aromatic nitrogens is 4. The third kappa shape index (κ3) is 4.60. The minimum atomic E-state index is 0.597. The van der Waals surface area contributed by atoms with Crippen LogP contribution in [-0.2, 0) is 0 Å². The van der Waals surface area contributed by atoms with E-state index in [1.807, 2.05) is 36.4 Å². The molecule has 10 aromatic rings. The van der Waals surface area contributed by atoms with Crippen LogP contribution in [0.3, 0.4) is 0 Å². The van der Waals surface area contributed by atoms with Gasteiger partial charge in [-0.1, -0.05) is 115 Å². The number of benzene rings is 7. The maximum atomic E-state index is 6.16. The van der Waals surface area contributed by atoms with Gasteiger partial charge in [-0.05, 0) is 65.7 Å². The zero-order valence-electron chi connectivity index (χ0n) is 26.9. The molecule has 0 unspecified atom stereocenters. The molecule has 234 valence electrons. The van der Waals surface area contributed by atoms with E-state index >= 15 is 0 Å². The Hall–Kier alpha value is -6.85. The summed E-state index contributed by atoms with van der Waals surface area (Å²) in [6, 6.07) is 58.6. The predicted octanol–water partition coefficient (Wildman–Crippen LogP) is 11.5. The molecule has 5 heteroatoms. The molecule has 0 saturated heterocycles. The molecule has 5 nitrogen and oxygen atoms in total. The van der Waals surface area contributed by atoms with Crippen LogP contribution < -0.4 is 0 Å². The van der Waals surface area contributed by atoms with Crippen LogP contribution in [0.15, 0.2) is 174 Å². The molecule has 3 heterocycles. The lowest BCUT2D eigenvalue weighted by Gasteiger charge is -2.14. The molecule has 10 rings (SSSR count). The molecule has 0 aliphatic carbocycles. The van der Waals surface area contributed by atoms with Crippen LogP contribution >= 0.6 is 0 Å². The number of fused-ring (bicyclic) bond motifs is 6. The van der Waals surface area contributed by atoms with Crippen LogP contribution in [0.5, 0.6) is 0 Å². The summed E-state index contributed by atoms with van der Waals surface area (Å²) in [6.07, 6.45) is 0. The molecule has 0 radical (unpaired) electrons. The molecule has 0 saturated carbocycles. The van der Waals surface area contributed by atoms with Crippen molar-refractivity contribution in [1.82, 2.24) is 19.5 Å². The Morgan fingerprint density at radius 1 is 0.360 bits per heavy atom. The van der Waals surface area contributed by atoms with Gasteiger partial charge < -0.3 is 8.98 Å². The minimum Gasteiger partial charge on any atom is -0.456 e. The van der Waals surface area contributed by atoms with Crippen LogP contribution in [0.4, 0.5) is 0 Å². The van der Waals surface area contributed by atoms with Gasteiger partial charge in [-0.25, -0.2) is 15.0 Å². The van der Waals surface area contributed by atoms with Crippen molar-refractivity contribution in [3.8, 4) is 51.0 Å². The van der Waals surface area contributed by atoms with Crippen molar-refractivity contribution in [2.45, 2.75) is 0 Å². The number of para-hydroxylation sites is 4. The summed E-state index contributed by atoms with van der Waals surface area (Å²) < 4.78 is 8.48. The van der Waals surface area contributed by atoms with E-state index in [1.54, 1.807) is 0 Å². The lowest BCUT2D eigenvalue weighted by molar-refractivity contribution is 0.669. The fourth-order valence-electron chi connectivity index (χ4n) is 7.13.